The van der Waals surface area contributed by atoms with Crippen molar-refractivity contribution in [2.75, 3.05) is 33.1 Å². The minimum absolute atomic E-state index is 0.0690. The molecule has 0 aliphatic heterocycles. The minimum atomic E-state index is -0.0690. The van der Waals surface area contributed by atoms with E-state index in [1.807, 2.05) is 72.6 Å². The molecule has 0 radical (unpaired) electrons. The number of anilines is 1. The van der Waals surface area contributed by atoms with Crippen molar-refractivity contribution in [3.63, 3.8) is 0 Å². The van der Waals surface area contributed by atoms with Crippen molar-refractivity contribution in [1.82, 2.24) is 4.90 Å². The third kappa shape index (κ3) is 5.78. The van der Waals surface area contributed by atoms with Crippen LogP contribution in [-0.4, -0.2) is 38.6 Å². The fraction of sp³-hybridized carbons (Fsp3) is 0.208. The summed E-state index contributed by atoms with van der Waals surface area (Å²) in [6, 6.07) is 23.7. The number of carbonyl (C=O) groups is 1. The molecule has 0 saturated carbocycles. The molecular weight excluding hydrogens is 396 g/mol. The van der Waals surface area contributed by atoms with Crippen LogP contribution in [0, 0.1) is 0 Å². The van der Waals surface area contributed by atoms with E-state index in [0.29, 0.717) is 18.0 Å². The second kappa shape index (κ2) is 10.7. The molecule has 5 nitrogen and oxygen atoms in total. The highest BCUT2D eigenvalue weighted by molar-refractivity contribution is 7.99. The maximum atomic E-state index is 12.7. The van der Waals surface area contributed by atoms with Gasteiger partial charge in [0.1, 0.15) is 0 Å². The van der Waals surface area contributed by atoms with E-state index in [1.165, 1.54) is 0 Å². The minimum Gasteiger partial charge on any atom is -0.493 e. The van der Waals surface area contributed by atoms with Gasteiger partial charge in [-0.3, -0.25) is 9.69 Å². The molecule has 0 heterocycles. The number of nitrogens with zero attached hydrogens (tertiary/aromatic N) is 1. The Balaban J connectivity index is 1.64. The lowest BCUT2D eigenvalue weighted by molar-refractivity contribution is -0.117. The predicted molar refractivity (Wildman–Crippen MR) is 122 cm³/mol. The van der Waals surface area contributed by atoms with E-state index in [-0.39, 0.29) is 12.5 Å². The van der Waals surface area contributed by atoms with Crippen LogP contribution in [0.4, 0.5) is 5.69 Å². The fourth-order valence-corrected chi connectivity index (χ4v) is 4.06. The Labute approximate surface area is 182 Å². The van der Waals surface area contributed by atoms with E-state index in [9.17, 15) is 4.79 Å². The summed E-state index contributed by atoms with van der Waals surface area (Å²) in [6.07, 6.45) is 0. The smallest absolute Gasteiger partial charge is 0.238 e. The van der Waals surface area contributed by atoms with Crippen molar-refractivity contribution in [3.05, 3.63) is 78.4 Å². The number of benzene rings is 3. The van der Waals surface area contributed by atoms with Gasteiger partial charge >= 0.3 is 0 Å². The first kappa shape index (κ1) is 21.7. The van der Waals surface area contributed by atoms with E-state index in [0.717, 1.165) is 21.0 Å². The van der Waals surface area contributed by atoms with Crippen molar-refractivity contribution in [2.24, 2.45) is 0 Å². The summed E-state index contributed by atoms with van der Waals surface area (Å²) in [4.78, 5) is 16.8. The average molecular weight is 423 g/mol. The van der Waals surface area contributed by atoms with Crippen LogP contribution in [0.5, 0.6) is 11.5 Å². The van der Waals surface area contributed by atoms with Crippen LogP contribution in [0.1, 0.15) is 5.56 Å². The maximum absolute atomic E-state index is 12.7. The molecular formula is C24H26N2O3S. The highest BCUT2D eigenvalue weighted by atomic mass is 32.2. The number of hydrogen-bond acceptors (Lipinski definition) is 5. The average Bonchev–Trinajstić information content (AvgIpc) is 2.75. The Hall–Kier alpha value is -2.96. The largest absolute Gasteiger partial charge is 0.493 e. The lowest BCUT2D eigenvalue weighted by atomic mass is 10.1. The first-order valence-corrected chi connectivity index (χ1v) is 10.4. The molecule has 0 bridgehead atoms. The highest BCUT2D eigenvalue weighted by Gasteiger charge is 2.14. The van der Waals surface area contributed by atoms with Crippen molar-refractivity contribution in [2.45, 2.75) is 16.3 Å². The van der Waals surface area contributed by atoms with Gasteiger partial charge in [-0.2, -0.15) is 0 Å². The van der Waals surface area contributed by atoms with E-state index >= 15 is 0 Å². The first-order chi connectivity index (χ1) is 14.6. The maximum Gasteiger partial charge on any atom is 0.238 e. The monoisotopic (exact) mass is 422 g/mol. The van der Waals surface area contributed by atoms with Crippen LogP contribution in [0.3, 0.4) is 0 Å². The number of nitrogens with one attached hydrogen (secondary N) is 1. The predicted octanol–water partition coefficient (Wildman–Crippen LogP) is 4.93. The SMILES string of the molecule is COc1cccc(CN(C)CC(=O)Nc2ccccc2Sc2ccccc2)c1OC. The fourth-order valence-electron chi connectivity index (χ4n) is 3.13. The summed E-state index contributed by atoms with van der Waals surface area (Å²) in [7, 11) is 5.14. The van der Waals surface area contributed by atoms with Crippen LogP contribution in [0.25, 0.3) is 0 Å². The van der Waals surface area contributed by atoms with Gasteiger partial charge in [0.05, 0.1) is 26.5 Å². The topological polar surface area (TPSA) is 50.8 Å². The van der Waals surface area contributed by atoms with Crippen LogP contribution in [0.2, 0.25) is 0 Å². The zero-order valence-electron chi connectivity index (χ0n) is 17.4. The summed E-state index contributed by atoms with van der Waals surface area (Å²) in [6.45, 7) is 0.818. The van der Waals surface area contributed by atoms with Gasteiger partial charge in [-0.05, 0) is 37.4 Å². The second-order valence-electron chi connectivity index (χ2n) is 6.78. The van der Waals surface area contributed by atoms with E-state index in [2.05, 4.69) is 17.4 Å². The third-order valence-electron chi connectivity index (χ3n) is 4.47. The number of rotatable bonds is 9. The number of carbonyl (C=O) groups excluding carboxylic acids is 1. The number of amides is 1. The van der Waals surface area contributed by atoms with Crippen LogP contribution in [-0.2, 0) is 11.3 Å². The number of ether oxygens (including phenoxy) is 2. The number of para-hydroxylation sites is 2. The van der Waals surface area contributed by atoms with Gasteiger partial charge in [-0.1, -0.05) is 54.2 Å². The van der Waals surface area contributed by atoms with Gasteiger partial charge in [0.2, 0.25) is 5.91 Å². The quantitative estimate of drug-likeness (QED) is 0.530. The molecule has 0 aliphatic carbocycles. The molecule has 0 unspecified atom stereocenters. The molecule has 6 heteroatoms. The molecule has 1 N–H and O–H groups in total. The molecule has 3 rings (SSSR count). The van der Waals surface area contributed by atoms with E-state index < -0.39 is 0 Å². The van der Waals surface area contributed by atoms with Crippen LogP contribution in [0.15, 0.2) is 82.6 Å². The third-order valence-corrected chi connectivity index (χ3v) is 5.55. The standard InChI is InChI=1S/C24H26N2O3S/c1-26(16-18-10-9-14-21(28-2)24(18)29-3)17-23(27)25-20-13-7-8-15-22(20)30-19-11-5-4-6-12-19/h4-15H,16-17H2,1-3H3,(H,25,27). The highest BCUT2D eigenvalue weighted by Crippen LogP contribution is 2.33. The van der Waals surface area contributed by atoms with Crippen molar-refractivity contribution in [3.8, 4) is 11.5 Å². The Morgan fingerprint density at radius 2 is 1.67 bits per heavy atom. The zero-order valence-corrected chi connectivity index (χ0v) is 18.2. The van der Waals surface area contributed by atoms with Gasteiger partial charge in [0.25, 0.3) is 0 Å². The molecule has 30 heavy (non-hydrogen) atoms. The molecule has 0 saturated heterocycles. The van der Waals surface area contributed by atoms with Gasteiger partial charge in [0, 0.05) is 21.9 Å². The molecule has 3 aromatic rings. The van der Waals surface area contributed by atoms with Crippen LogP contribution >= 0.6 is 11.8 Å². The number of hydrogen-bond donors (Lipinski definition) is 1. The van der Waals surface area contributed by atoms with Crippen molar-refractivity contribution in [1.29, 1.82) is 0 Å². The molecule has 0 aliphatic rings. The summed E-state index contributed by atoms with van der Waals surface area (Å²) in [5.74, 6) is 1.30. The van der Waals surface area contributed by atoms with Crippen molar-refractivity contribution < 1.29 is 14.3 Å². The number of likely N-dealkylation sites (N-methyl/N-ethyl adjacent to an activating group) is 1. The summed E-state index contributed by atoms with van der Waals surface area (Å²) < 4.78 is 10.8. The molecule has 156 valence electrons. The molecule has 0 fully saturated rings. The van der Waals surface area contributed by atoms with Gasteiger partial charge < -0.3 is 14.8 Å². The molecule has 0 aromatic heterocycles. The molecule has 0 spiro atoms. The summed E-state index contributed by atoms with van der Waals surface area (Å²) in [5, 5.41) is 3.04. The van der Waals surface area contributed by atoms with Crippen molar-refractivity contribution >= 4 is 23.4 Å². The lowest BCUT2D eigenvalue weighted by Gasteiger charge is -2.19. The Kier molecular flexibility index (Phi) is 7.76. The Morgan fingerprint density at radius 3 is 2.40 bits per heavy atom. The normalized spacial score (nSPS) is 10.7. The molecule has 0 atom stereocenters. The first-order valence-electron chi connectivity index (χ1n) is 9.61. The number of methoxy groups -OCH3 is 2. The van der Waals surface area contributed by atoms with Gasteiger partial charge in [0.15, 0.2) is 11.5 Å². The van der Waals surface area contributed by atoms with E-state index in [1.54, 1.807) is 26.0 Å². The van der Waals surface area contributed by atoms with E-state index in [4.69, 9.17) is 9.47 Å². The molecule has 1 amide bonds. The lowest BCUT2D eigenvalue weighted by Crippen LogP contribution is -2.30. The summed E-state index contributed by atoms with van der Waals surface area (Å²) in [5.41, 5.74) is 1.77. The second-order valence-corrected chi connectivity index (χ2v) is 7.90. The summed E-state index contributed by atoms with van der Waals surface area (Å²) >= 11 is 1.63. The zero-order chi connectivity index (χ0) is 21.3. The van der Waals surface area contributed by atoms with Gasteiger partial charge in [-0.15, -0.1) is 0 Å². The van der Waals surface area contributed by atoms with Gasteiger partial charge in [-0.25, -0.2) is 0 Å². The van der Waals surface area contributed by atoms with Crippen LogP contribution < -0.4 is 14.8 Å². The Bertz CT molecular complexity index is 979. The molecule has 3 aromatic carbocycles. The Morgan fingerprint density at radius 1 is 0.933 bits per heavy atom.